The largest absolute Gasteiger partial charge is 0.488 e. The molecule has 4 rings (SSSR count). The van der Waals surface area contributed by atoms with Crippen molar-refractivity contribution in [3.05, 3.63) is 83.6 Å². The van der Waals surface area contributed by atoms with E-state index >= 15 is 0 Å². The molecule has 1 aromatic heterocycles. The molecule has 3 aromatic rings. The van der Waals surface area contributed by atoms with E-state index in [1.165, 1.54) is 0 Å². The van der Waals surface area contributed by atoms with Gasteiger partial charge in [0.25, 0.3) is 5.91 Å². The Morgan fingerprint density at radius 3 is 2.81 bits per heavy atom. The molecule has 1 aliphatic heterocycles. The Balaban J connectivity index is 1.43. The standard InChI is InChI=1S/C22H20N2O2/c1-15-6-5-11-23-21(15)17-9-10-20-18(12-17)13-19(26-20)14-24-22(25)16-7-3-2-4-8-16/h2-12,19H,13-14H2,1H3,(H,24,25). The number of aromatic nitrogens is 1. The molecule has 0 saturated carbocycles. The summed E-state index contributed by atoms with van der Waals surface area (Å²) in [6.07, 6.45) is 2.55. The second-order valence-corrected chi connectivity index (χ2v) is 6.51. The first-order valence-electron chi connectivity index (χ1n) is 8.75. The van der Waals surface area contributed by atoms with Crippen molar-refractivity contribution in [1.29, 1.82) is 0 Å². The van der Waals surface area contributed by atoms with Crippen LogP contribution in [0.15, 0.2) is 66.9 Å². The maximum atomic E-state index is 12.2. The zero-order valence-electron chi connectivity index (χ0n) is 14.6. The molecule has 0 bridgehead atoms. The van der Waals surface area contributed by atoms with E-state index < -0.39 is 0 Å². The second kappa shape index (κ2) is 7.00. The van der Waals surface area contributed by atoms with Crippen LogP contribution < -0.4 is 10.1 Å². The van der Waals surface area contributed by atoms with E-state index in [1.807, 2.05) is 42.6 Å². The molecule has 4 heteroatoms. The van der Waals surface area contributed by atoms with Crippen molar-refractivity contribution in [2.75, 3.05) is 6.54 Å². The Morgan fingerprint density at radius 1 is 1.15 bits per heavy atom. The van der Waals surface area contributed by atoms with Crippen molar-refractivity contribution < 1.29 is 9.53 Å². The van der Waals surface area contributed by atoms with E-state index in [2.05, 4.69) is 29.4 Å². The summed E-state index contributed by atoms with van der Waals surface area (Å²) in [5.74, 6) is 0.816. The van der Waals surface area contributed by atoms with E-state index in [1.54, 1.807) is 12.1 Å². The number of hydrogen-bond acceptors (Lipinski definition) is 3. The van der Waals surface area contributed by atoms with E-state index in [9.17, 15) is 4.79 Å². The number of rotatable bonds is 4. The number of aryl methyl sites for hydroxylation is 1. The molecular weight excluding hydrogens is 324 g/mol. The van der Waals surface area contributed by atoms with Crippen LogP contribution in [-0.2, 0) is 6.42 Å². The van der Waals surface area contributed by atoms with Gasteiger partial charge in [-0.3, -0.25) is 9.78 Å². The molecule has 0 aliphatic carbocycles. The predicted octanol–water partition coefficient (Wildman–Crippen LogP) is 3.79. The maximum absolute atomic E-state index is 12.2. The lowest BCUT2D eigenvalue weighted by atomic mass is 10.0. The molecule has 1 N–H and O–H groups in total. The van der Waals surface area contributed by atoms with Gasteiger partial charge in [-0.2, -0.15) is 0 Å². The van der Waals surface area contributed by atoms with E-state index in [-0.39, 0.29) is 12.0 Å². The van der Waals surface area contributed by atoms with Gasteiger partial charge in [0.15, 0.2) is 0 Å². The third kappa shape index (κ3) is 3.31. The molecule has 26 heavy (non-hydrogen) atoms. The average molecular weight is 344 g/mol. The van der Waals surface area contributed by atoms with Crippen molar-refractivity contribution in [3.63, 3.8) is 0 Å². The molecule has 2 heterocycles. The van der Waals surface area contributed by atoms with Crippen LogP contribution in [0.2, 0.25) is 0 Å². The lowest BCUT2D eigenvalue weighted by Gasteiger charge is -2.11. The van der Waals surface area contributed by atoms with Gasteiger partial charge in [0, 0.05) is 23.7 Å². The smallest absolute Gasteiger partial charge is 0.251 e. The zero-order valence-corrected chi connectivity index (χ0v) is 14.6. The molecule has 1 aliphatic rings. The first kappa shape index (κ1) is 16.3. The first-order chi connectivity index (χ1) is 12.7. The number of benzene rings is 2. The lowest BCUT2D eigenvalue weighted by molar-refractivity contribution is 0.0933. The van der Waals surface area contributed by atoms with Crippen LogP contribution in [0, 0.1) is 6.92 Å². The molecule has 4 nitrogen and oxygen atoms in total. The summed E-state index contributed by atoms with van der Waals surface area (Å²) in [6, 6.07) is 19.4. The number of pyridine rings is 1. The Labute approximate surface area is 152 Å². The number of carbonyl (C=O) groups is 1. The SMILES string of the molecule is Cc1cccnc1-c1ccc2c(c1)CC(CNC(=O)c1ccccc1)O2. The van der Waals surface area contributed by atoms with Gasteiger partial charge in [-0.05, 0) is 54.4 Å². The molecule has 1 amide bonds. The minimum Gasteiger partial charge on any atom is -0.488 e. The average Bonchev–Trinajstić information content (AvgIpc) is 3.09. The van der Waals surface area contributed by atoms with Crippen molar-refractivity contribution >= 4 is 5.91 Å². The summed E-state index contributed by atoms with van der Waals surface area (Å²) in [7, 11) is 0. The number of amides is 1. The highest BCUT2D eigenvalue weighted by Gasteiger charge is 2.24. The van der Waals surface area contributed by atoms with Gasteiger partial charge in [0.1, 0.15) is 11.9 Å². The number of ether oxygens (including phenoxy) is 1. The Hall–Kier alpha value is -3.14. The maximum Gasteiger partial charge on any atom is 0.251 e. The molecule has 2 aromatic carbocycles. The predicted molar refractivity (Wildman–Crippen MR) is 101 cm³/mol. The quantitative estimate of drug-likeness (QED) is 0.783. The van der Waals surface area contributed by atoms with Crippen LogP contribution in [0.3, 0.4) is 0 Å². The van der Waals surface area contributed by atoms with Crippen LogP contribution in [0.4, 0.5) is 0 Å². The number of hydrogen-bond donors (Lipinski definition) is 1. The number of nitrogens with one attached hydrogen (secondary N) is 1. The van der Waals surface area contributed by atoms with Crippen LogP contribution >= 0.6 is 0 Å². The van der Waals surface area contributed by atoms with Crippen LogP contribution in [-0.4, -0.2) is 23.5 Å². The van der Waals surface area contributed by atoms with Crippen molar-refractivity contribution in [2.45, 2.75) is 19.4 Å². The molecule has 1 atom stereocenters. The number of fused-ring (bicyclic) bond motifs is 1. The highest BCUT2D eigenvalue weighted by atomic mass is 16.5. The van der Waals surface area contributed by atoms with Crippen molar-refractivity contribution in [1.82, 2.24) is 10.3 Å². The van der Waals surface area contributed by atoms with Gasteiger partial charge >= 0.3 is 0 Å². The third-order valence-electron chi connectivity index (χ3n) is 4.61. The van der Waals surface area contributed by atoms with Crippen LogP contribution in [0.1, 0.15) is 21.5 Å². The molecule has 0 radical (unpaired) electrons. The van der Waals surface area contributed by atoms with Gasteiger partial charge in [-0.25, -0.2) is 0 Å². The molecule has 0 saturated heterocycles. The van der Waals surface area contributed by atoms with Crippen LogP contribution in [0.5, 0.6) is 5.75 Å². The van der Waals surface area contributed by atoms with E-state index in [4.69, 9.17) is 4.74 Å². The number of carbonyl (C=O) groups excluding carboxylic acids is 1. The van der Waals surface area contributed by atoms with Gasteiger partial charge in [0.05, 0.1) is 12.2 Å². The third-order valence-corrected chi connectivity index (χ3v) is 4.61. The normalized spacial score (nSPS) is 15.2. The molecule has 0 spiro atoms. The van der Waals surface area contributed by atoms with Gasteiger partial charge < -0.3 is 10.1 Å². The first-order valence-corrected chi connectivity index (χ1v) is 8.75. The summed E-state index contributed by atoms with van der Waals surface area (Å²) >= 11 is 0. The molecule has 1 unspecified atom stereocenters. The van der Waals surface area contributed by atoms with E-state index in [0.717, 1.165) is 34.6 Å². The summed E-state index contributed by atoms with van der Waals surface area (Å²) in [5.41, 5.74) is 5.07. The van der Waals surface area contributed by atoms with Gasteiger partial charge in [-0.1, -0.05) is 24.3 Å². The summed E-state index contributed by atoms with van der Waals surface area (Å²) in [4.78, 5) is 16.7. The summed E-state index contributed by atoms with van der Waals surface area (Å²) in [5, 5.41) is 2.95. The Bertz CT molecular complexity index is 938. The van der Waals surface area contributed by atoms with Crippen molar-refractivity contribution in [2.24, 2.45) is 0 Å². The zero-order chi connectivity index (χ0) is 17.9. The topological polar surface area (TPSA) is 51.2 Å². The summed E-state index contributed by atoms with van der Waals surface area (Å²) in [6.45, 7) is 2.55. The van der Waals surface area contributed by atoms with Gasteiger partial charge in [0.2, 0.25) is 0 Å². The monoisotopic (exact) mass is 344 g/mol. The fourth-order valence-corrected chi connectivity index (χ4v) is 3.27. The summed E-state index contributed by atoms with van der Waals surface area (Å²) < 4.78 is 5.98. The highest BCUT2D eigenvalue weighted by molar-refractivity contribution is 5.94. The second-order valence-electron chi connectivity index (χ2n) is 6.51. The number of nitrogens with zero attached hydrogens (tertiary/aromatic N) is 1. The van der Waals surface area contributed by atoms with E-state index in [0.29, 0.717) is 12.1 Å². The minimum absolute atomic E-state index is 0.0438. The highest BCUT2D eigenvalue weighted by Crippen LogP contribution is 2.33. The van der Waals surface area contributed by atoms with Crippen LogP contribution in [0.25, 0.3) is 11.3 Å². The lowest BCUT2D eigenvalue weighted by Crippen LogP contribution is -2.34. The minimum atomic E-state index is -0.0741. The fourth-order valence-electron chi connectivity index (χ4n) is 3.27. The van der Waals surface area contributed by atoms with Gasteiger partial charge in [-0.15, -0.1) is 0 Å². The molecular formula is C22H20N2O2. The fraction of sp³-hybridized carbons (Fsp3) is 0.182. The molecule has 130 valence electrons. The Morgan fingerprint density at radius 2 is 2.00 bits per heavy atom. The molecule has 0 fully saturated rings. The Kier molecular flexibility index (Phi) is 4.40. The van der Waals surface area contributed by atoms with Crippen molar-refractivity contribution in [3.8, 4) is 17.0 Å².